The van der Waals surface area contributed by atoms with E-state index in [4.69, 9.17) is 11.6 Å². The number of H-pyrrole nitrogens is 1. The van der Waals surface area contributed by atoms with Crippen molar-refractivity contribution in [2.24, 2.45) is 0 Å². The zero-order valence-electron chi connectivity index (χ0n) is 12.9. The van der Waals surface area contributed by atoms with Gasteiger partial charge in [0.15, 0.2) is 5.82 Å². The third kappa shape index (κ3) is 2.78. The summed E-state index contributed by atoms with van der Waals surface area (Å²) in [5.74, 6) is 0.223. The minimum absolute atomic E-state index is 0.0923. The van der Waals surface area contributed by atoms with E-state index in [1.54, 1.807) is 24.3 Å². The SMILES string of the molecule is FC(F)(F)c1ccc2nc(Cl)c(-c3nnn[nH]3)c(-c3ccccc3)c2c1. The van der Waals surface area contributed by atoms with E-state index in [-0.39, 0.29) is 11.0 Å². The lowest BCUT2D eigenvalue weighted by Crippen LogP contribution is -2.05. The first-order valence-corrected chi connectivity index (χ1v) is 7.83. The van der Waals surface area contributed by atoms with E-state index >= 15 is 0 Å². The molecule has 130 valence electrons. The Morgan fingerprint density at radius 1 is 0.962 bits per heavy atom. The highest BCUT2D eigenvalue weighted by atomic mass is 35.5. The molecular weight excluding hydrogens is 367 g/mol. The van der Waals surface area contributed by atoms with Crippen molar-refractivity contribution in [3.05, 3.63) is 59.2 Å². The maximum Gasteiger partial charge on any atom is 0.416 e. The van der Waals surface area contributed by atoms with Crippen molar-refractivity contribution >= 4 is 22.5 Å². The molecule has 2 heterocycles. The van der Waals surface area contributed by atoms with Crippen molar-refractivity contribution in [1.29, 1.82) is 0 Å². The van der Waals surface area contributed by atoms with Crippen LogP contribution < -0.4 is 0 Å². The van der Waals surface area contributed by atoms with Gasteiger partial charge >= 0.3 is 6.18 Å². The van der Waals surface area contributed by atoms with Gasteiger partial charge in [0.25, 0.3) is 0 Å². The summed E-state index contributed by atoms with van der Waals surface area (Å²) in [4.78, 5) is 4.22. The van der Waals surface area contributed by atoms with Crippen LogP contribution in [0.5, 0.6) is 0 Å². The zero-order valence-corrected chi connectivity index (χ0v) is 13.7. The predicted octanol–water partition coefficient (Wildman–Crippen LogP) is 4.75. The Kier molecular flexibility index (Phi) is 3.84. The largest absolute Gasteiger partial charge is 0.416 e. The Morgan fingerprint density at radius 2 is 1.73 bits per heavy atom. The van der Waals surface area contributed by atoms with Crippen LogP contribution in [-0.2, 0) is 6.18 Å². The fraction of sp³-hybridized carbons (Fsp3) is 0.0588. The van der Waals surface area contributed by atoms with Crippen molar-refractivity contribution in [2.45, 2.75) is 6.18 Å². The number of halogens is 4. The molecule has 0 atom stereocenters. The maximum absolute atomic E-state index is 13.2. The Bertz CT molecular complexity index is 1080. The first-order chi connectivity index (χ1) is 12.4. The fourth-order valence-electron chi connectivity index (χ4n) is 2.80. The number of tetrazole rings is 1. The molecule has 26 heavy (non-hydrogen) atoms. The number of aromatic nitrogens is 5. The van der Waals surface area contributed by atoms with Crippen LogP contribution in [-0.4, -0.2) is 25.6 Å². The second-order valence-corrected chi connectivity index (χ2v) is 5.86. The van der Waals surface area contributed by atoms with E-state index in [0.29, 0.717) is 27.6 Å². The minimum Gasteiger partial charge on any atom is -0.239 e. The van der Waals surface area contributed by atoms with Crippen LogP contribution in [0.3, 0.4) is 0 Å². The predicted molar refractivity (Wildman–Crippen MR) is 90.4 cm³/mol. The quantitative estimate of drug-likeness (QED) is 0.513. The molecule has 0 fully saturated rings. The van der Waals surface area contributed by atoms with E-state index < -0.39 is 11.7 Å². The summed E-state index contributed by atoms with van der Waals surface area (Å²) in [5, 5.41) is 13.9. The van der Waals surface area contributed by atoms with Crippen LogP contribution in [0.4, 0.5) is 13.2 Å². The lowest BCUT2D eigenvalue weighted by Gasteiger charge is -2.15. The van der Waals surface area contributed by atoms with Crippen molar-refractivity contribution in [2.75, 3.05) is 0 Å². The van der Waals surface area contributed by atoms with E-state index in [9.17, 15) is 13.2 Å². The van der Waals surface area contributed by atoms with Gasteiger partial charge in [-0.1, -0.05) is 41.9 Å². The topological polar surface area (TPSA) is 67.3 Å². The number of pyridine rings is 1. The molecule has 0 aliphatic heterocycles. The summed E-state index contributed by atoms with van der Waals surface area (Å²) in [7, 11) is 0. The van der Waals surface area contributed by atoms with Crippen molar-refractivity contribution in [3.63, 3.8) is 0 Å². The Hall–Kier alpha value is -3.00. The second-order valence-electron chi connectivity index (χ2n) is 5.50. The number of alkyl halides is 3. The normalized spacial score (nSPS) is 11.8. The molecule has 0 aliphatic rings. The highest BCUT2D eigenvalue weighted by Crippen LogP contribution is 2.41. The molecule has 0 saturated heterocycles. The molecule has 5 nitrogen and oxygen atoms in total. The molecule has 0 amide bonds. The summed E-state index contributed by atoms with van der Waals surface area (Å²) >= 11 is 6.33. The lowest BCUT2D eigenvalue weighted by molar-refractivity contribution is -0.137. The molecule has 1 N–H and O–H groups in total. The van der Waals surface area contributed by atoms with Gasteiger partial charge in [-0.15, -0.1) is 5.10 Å². The van der Waals surface area contributed by atoms with Crippen molar-refractivity contribution in [1.82, 2.24) is 25.6 Å². The van der Waals surface area contributed by atoms with Gasteiger partial charge in [0.05, 0.1) is 16.6 Å². The average molecular weight is 376 g/mol. The van der Waals surface area contributed by atoms with Crippen LogP contribution in [0, 0.1) is 0 Å². The highest BCUT2D eigenvalue weighted by molar-refractivity contribution is 6.33. The number of rotatable bonds is 2. The standard InChI is InChI=1S/C17H9ClF3N5/c18-15-14(16-23-25-26-24-16)13(9-4-2-1-3-5-9)11-8-10(17(19,20)21)6-7-12(11)22-15/h1-8H,(H,23,24,25,26). The molecule has 4 aromatic rings. The Labute approximate surface area is 149 Å². The van der Waals surface area contributed by atoms with E-state index in [1.807, 2.05) is 6.07 Å². The van der Waals surface area contributed by atoms with Gasteiger partial charge in [-0.05, 0) is 34.2 Å². The van der Waals surface area contributed by atoms with Crippen molar-refractivity contribution < 1.29 is 13.2 Å². The summed E-state index contributed by atoms with van der Waals surface area (Å²) in [6.07, 6.45) is -4.48. The molecular formula is C17H9ClF3N5. The molecule has 0 spiro atoms. The minimum atomic E-state index is -4.48. The molecule has 0 unspecified atom stereocenters. The molecule has 0 bridgehead atoms. The Balaban J connectivity index is 2.14. The van der Waals surface area contributed by atoms with Crippen LogP contribution in [0.1, 0.15) is 5.56 Å². The molecule has 0 aliphatic carbocycles. The molecule has 4 rings (SSSR count). The molecule has 2 aromatic heterocycles. The second kappa shape index (κ2) is 6.06. The molecule has 0 saturated carbocycles. The maximum atomic E-state index is 13.2. The molecule has 2 aromatic carbocycles. The monoisotopic (exact) mass is 375 g/mol. The number of fused-ring (bicyclic) bond motifs is 1. The lowest BCUT2D eigenvalue weighted by atomic mass is 9.95. The summed E-state index contributed by atoms with van der Waals surface area (Å²) in [6, 6.07) is 12.3. The third-order valence-corrected chi connectivity index (χ3v) is 4.19. The van der Waals surface area contributed by atoms with Gasteiger partial charge in [0, 0.05) is 10.9 Å². The van der Waals surface area contributed by atoms with Gasteiger partial charge in [0.1, 0.15) is 5.15 Å². The van der Waals surface area contributed by atoms with Gasteiger partial charge in [-0.3, -0.25) is 0 Å². The van der Waals surface area contributed by atoms with Gasteiger partial charge in [0.2, 0.25) is 0 Å². The highest BCUT2D eigenvalue weighted by Gasteiger charge is 2.31. The number of hydrogen-bond donors (Lipinski definition) is 1. The number of nitrogens with zero attached hydrogens (tertiary/aromatic N) is 4. The molecule has 0 radical (unpaired) electrons. The average Bonchev–Trinajstić information content (AvgIpc) is 3.14. The van der Waals surface area contributed by atoms with E-state index in [2.05, 4.69) is 25.6 Å². The summed E-state index contributed by atoms with van der Waals surface area (Å²) in [6.45, 7) is 0. The van der Waals surface area contributed by atoms with Crippen LogP contribution >= 0.6 is 11.6 Å². The first kappa shape index (κ1) is 16.5. The van der Waals surface area contributed by atoms with E-state index in [0.717, 1.165) is 12.1 Å². The summed E-state index contributed by atoms with van der Waals surface area (Å²) in [5.41, 5.74) is 1.07. The van der Waals surface area contributed by atoms with Crippen LogP contribution in [0.25, 0.3) is 33.4 Å². The first-order valence-electron chi connectivity index (χ1n) is 7.45. The Morgan fingerprint density at radius 3 is 2.38 bits per heavy atom. The number of nitrogens with one attached hydrogen (secondary N) is 1. The fourth-order valence-corrected chi connectivity index (χ4v) is 3.07. The van der Waals surface area contributed by atoms with Gasteiger partial charge in [-0.2, -0.15) is 13.2 Å². The number of aromatic amines is 1. The van der Waals surface area contributed by atoms with Gasteiger partial charge < -0.3 is 0 Å². The zero-order chi connectivity index (χ0) is 18.3. The third-order valence-electron chi connectivity index (χ3n) is 3.91. The number of benzene rings is 2. The van der Waals surface area contributed by atoms with Crippen molar-refractivity contribution in [3.8, 4) is 22.5 Å². The van der Waals surface area contributed by atoms with E-state index in [1.165, 1.54) is 6.07 Å². The summed E-state index contributed by atoms with van der Waals surface area (Å²) < 4.78 is 39.7. The molecule has 9 heteroatoms. The van der Waals surface area contributed by atoms with Crippen LogP contribution in [0.2, 0.25) is 5.15 Å². The van der Waals surface area contributed by atoms with Crippen LogP contribution in [0.15, 0.2) is 48.5 Å². The number of hydrogen-bond acceptors (Lipinski definition) is 4. The van der Waals surface area contributed by atoms with Gasteiger partial charge in [-0.25, -0.2) is 10.1 Å². The smallest absolute Gasteiger partial charge is 0.239 e.